The highest BCUT2D eigenvalue weighted by Crippen LogP contribution is 2.38. The van der Waals surface area contributed by atoms with Crippen molar-refractivity contribution in [3.63, 3.8) is 0 Å². The van der Waals surface area contributed by atoms with Crippen LogP contribution in [0.15, 0.2) is 18.2 Å². The van der Waals surface area contributed by atoms with Crippen LogP contribution in [0, 0.1) is 11.6 Å². The zero-order valence-corrected chi connectivity index (χ0v) is 19.2. The lowest BCUT2D eigenvalue weighted by molar-refractivity contribution is 0.0319. The molecule has 8 heteroatoms. The van der Waals surface area contributed by atoms with E-state index in [1.54, 1.807) is 4.31 Å². The quantitative estimate of drug-likeness (QED) is 0.430. The monoisotopic (exact) mass is 456 g/mol. The largest absolute Gasteiger partial charge is 0.295 e. The van der Waals surface area contributed by atoms with Crippen LogP contribution in [0.2, 0.25) is 0 Å². The van der Waals surface area contributed by atoms with Gasteiger partial charge in [0.25, 0.3) is 0 Å². The van der Waals surface area contributed by atoms with E-state index in [9.17, 15) is 22.0 Å². The fraction of sp³-hybridized carbons (Fsp3) is 0.696. The third-order valence-electron chi connectivity index (χ3n) is 6.86. The van der Waals surface area contributed by atoms with Crippen LogP contribution in [-0.2, 0) is 10.0 Å². The van der Waals surface area contributed by atoms with Gasteiger partial charge in [0.1, 0.15) is 11.6 Å². The number of carbonyl (C=O) groups excluding carboxylic acids is 1. The Bertz CT molecular complexity index is 839. The fourth-order valence-electron chi connectivity index (χ4n) is 5.17. The number of rotatable bonds is 8. The number of sulfonamides is 1. The van der Waals surface area contributed by atoms with Crippen molar-refractivity contribution in [2.24, 2.45) is 0 Å². The van der Waals surface area contributed by atoms with E-state index in [1.807, 2.05) is 6.92 Å². The summed E-state index contributed by atoms with van der Waals surface area (Å²) in [4.78, 5) is 15.1. The highest BCUT2D eigenvalue weighted by atomic mass is 32.2. The molecule has 1 aliphatic heterocycles. The number of hydrogen-bond acceptors (Lipinski definition) is 4. The van der Waals surface area contributed by atoms with Gasteiger partial charge in [-0.05, 0) is 37.8 Å². The van der Waals surface area contributed by atoms with Crippen LogP contribution in [0.3, 0.4) is 0 Å². The third kappa shape index (κ3) is 5.71. The first-order valence-electron chi connectivity index (χ1n) is 11.5. The Morgan fingerprint density at radius 3 is 2.13 bits per heavy atom. The minimum atomic E-state index is -3.22. The minimum Gasteiger partial charge on any atom is -0.295 e. The summed E-state index contributed by atoms with van der Waals surface area (Å²) in [6.45, 7) is 4.04. The molecule has 1 aromatic rings. The van der Waals surface area contributed by atoms with Crippen LogP contribution in [0.4, 0.5) is 8.78 Å². The summed E-state index contributed by atoms with van der Waals surface area (Å²) in [5.41, 5.74) is -0.657. The highest BCUT2D eigenvalue weighted by Gasteiger charge is 2.40. The average molecular weight is 457 g/mol. The van der Waals surface area contributed by atoms with Gasteiger partial charge in [-0.2, -0.15) is 4.31 Å². The molecule has 1 saturated carbocycles. The number of piperazine rings is 1. The molecule has 1 heterocycles. The van der Waals surface area contributed by atoms with E-state index >= 15 is 0 Å². The van der Waals surface area contributed by atoms with Crippen molar-refractivity contribution in [2.45, 2.75) is 70.3 Å². The Kier molecular flexibility index (Phi) is 8.21. The van der Waals surface area contributed by atoms with Gasteiger partial charge in [0.2, 0.25) is 10.0 Å². The van der Waals surface area contributed by atoms with Crippen molar-refractivity contribution in [3.05, 3.63) is 35.4 Å². The van der Waals surface area contributed by atoms with Crippen molar-refractivity contribution in [3.8, 4) is 0 Å². The zero-order valence-electron chi connectivity index (χ0n) is 18.4. The minimum absolute atomic E-state index is 0.0895. The molecule has 3 rings (SSSR count). The summed E-state index contributed by atoms with van der Waals surface area (Å²) >= 11 is 0. The second-order valence-corrected chi connectivity index (χ2v) is 10.9. The van der Waals surface area contributed by atoms with Gasteiger partial charge in [0.05, 0.1) is 11.3 Å². The Labute approximate surface area is 184 Å². The molecule has 0 atom stereocenters. The Balaban J connectivity index is 1.72. The van der Waals surface area contributed by atoms with Crippen LogP contribution in [0.1, 0.15) is 75.1 Å². The number of hydrogen-bond donors (Lipinski definition) is 0. The molecule has 1 saturated heterocycles. The van der Waals surface area contributed by atoms with Crippen LogP contribution in [0.5, 0.6) is 0 Å². The first-order valence-corrected chi connectivity index (χ1v) is 13.1. The second kappa shape index (κ2) is 10.5. The number of carbonyl (C=O) groups is 1. The van der Waals surface area contributed by atoms with E-state index in [0.717, 1.165) is 50.7 Å². The molecule has 0 radical (unpaired) electrons. The summed E-state index contributed by atoms with van der Waals surface area (Å²) in [5, 5.41) is 0. The van der Waals surface area contributed by atoms with Crippen molar-refractivity contribution >= 4 is 15.8 Å². The van der Waals surface area contributed by atoms with Gasteiger partial charge in [-0.15, -0.1) is 0 Å². The van der Waals surface area contributed by atoms with E-state index < -0.39 is 33.0 Å². The number of ketones is 1. The van der Waals surface area contributed by atoms with Gasteiger partial charge >= 0.3 is 0 Å². The summed E-state index contributed by atoms with van der Waals surface area (Å²) in [6.07, 6.45) is 7.48. The molecule has 1 aromatic carbocycles. The molecule has 0 N–H and O–H groups in total. The van der Waals surface area contributed by atoms with Gasteiger partial charge in [0.15, 0.2) is 5.78 Å². The second-order valence-electron chi connectivity index (χ2n) is 8.86. The van der Waals surface area contributed by atoms with Gasteiger partial charge in [-0.25, -0.2) is 17.2 Å². The Morgan fingerprint density at radius 2 is 1.58 bits per heavy atom. The smallest absolute Gasteiger partial charge is 0.214 e. The van der Waals surface area contributed by atoms with Crippen LogP contribution >= 0.6 is 0 Å². The average Bonchev–Trinajstić information content (AvgIpc) is 2.99. The van der Waals surface area contributed by atoms with Crippen LogP contribution < -0.4 is 0 Å². The van der Waals surface area contributed by atoms with E-state index in [1.165, 1.54) is 6.07 Å². The zero-order chi connectivity index (χ0) is 22.5. The molecular weight excluding hydrogens is 422 g/mol. The molecule has 0 amide bonds. The number of nitrogens with zero attached hydrogens (tertiary/aromatic N) is 2. The first-order chi connectivity index (χ1) is 14.8. The molecule has 0 bridgehead atoms. The number of benzene rings is 1. The van der Waals surface area contributed by atoms with E-state index in [2.05, 4.69) is 4.90 Å². The number of halogens is 2. The predicted molar refractivity (Wildman–Crippen MR) is 118 cm³/mol. The number of Topliss-reactive ketones (excluding diaryl/α,β-unsaturated/α-hetero) is 1. The topological polar surface area (TPSA) is 57.7 Å². The normalized spacial score (nSPS) is 21.0. The standard InChI is InChI=1S/C23H34F2N2O3S/c1-2-18-31(29,30)27-16-14-26(15-17-27)23(11-5-3-4-6-12-23)13-10-21(28)22-19(24)8-7-9-20(22)25/h7-9H,2-6,10-18H2,1H3. The maximum Gasteiger partial charge on any atom is 0.214 e. The molecule has 5 nitrogen and oxygen atoms in total. The van der Waals surface area contributed by atoms with Crippen molar-refractivity contribution in [1.29, 1.82) is 0 Å². The summed E-state index contributed by atoms with van der Waals surface area (Å²) in [5.74, 6) is -1.95. The molecule has 0 unspecified atom stereocenters. The molecule has 174 valence electrons. The van der Waals surface area contributed by atoms with Gasteiger partial charge in [0, 0.05) is 38.1 Å². The highest BCUT2D eigenvalue weighted by molar-refractivity contribution is 7.89. The molecule has 2 aliphatic rings. The van der Waals surface area contributed by atoms with Crippen molar-refractivity contribution in [1.82, 2.24) is 9.21 Å². The van der Waals surface area contributed by atoms with Crippen molar-refractivity contribution < 1.29 is 22.0 Å². The van der Waals surface area contributed by atoms with Gasteiger partial charge in [-0.1, -0.05) is 38.7 Å². The van der Waals surface area contributed by atoms with Gasteiger partial charge < -0.3 is 0 Å². The van der Waals surface area contributed by atoms with E-state index in [4.69, 9.17) is 0 Å². The molecule has 0 aromatic heterocycles. The lowest BCUT2D eigenvalue weighted by Gasteiger charge is -2.48. The third-order valence-corrected chi connectivity index (χ3v) is 8.93. The molecule has 2 fully saturated rings. The van der Waals surface area contributed by atoms with E-state index in [0.29, 0.717) is 39.0 Å². The predicted octanol–water partition coefficient (Wildman–Crippen LogP) is 4.38. The molecule has 0 spiro atoms. The Hall–Kier alpha value is -1.38. The summed E-state index contributed by atoms with van der Waals surface area (Å²) in [7, 11) is -3.22. The van der Waals surface area contributed by atoms with Crippen molar-refractivity contribution in [2.75, 3.05) is 31.9 Å². The lowest BCUT2D eigenvalue weighted by atomic mass is 9.82. The van der Waals surface area contributed by atoms with Gasteiger partial charge in [-0.3, -0.25) is 9.69 Å². The van der Waals surface area contributed by atoms with Crippen LogP contribution in [0.25, 0.3) is 0 Å². The van der Waals surface area contributed by atoms with E-state index in [-0.39, 0.29) is 17.7 Å². The summed E-state index contributed by atoms with van der Waals surface area (Å²) in [6, 6.07) is 3.50. The lowest BCUT2D eigenvalue weighted by Crippen LogP contribution is -2.58. The maximum absolute atomic E-state index is 14.1. The van der Waals surface area contributed by atoms with Crippen LogP contribution in [-0.4, -0.2) is 60.9 Å². The Morgan fingerprint density at radius 1 is 1.00 bits per heavy atom. The maximum atomic E-state index is 14.1. The first kappa shape index (κ1) is 24.3. The molecular formula is C23H34F2N2O3S. The SMILES string of the molecule is CCCS(=O)(=O)N1CCN(C2(CCC(=O)c3c(F)cccc3F)CCCCCC2)CC1. The summed E-state index contributed by atoms with van der Waals surface area (Å²) < 4.78 is 54.6. The fourth-order valence-corrected chi connectivity index (χ4v) is 6.67. The molecule has 1 aliphatic carbocycles. The molecule has 31 heavy (non-hydrogen) atoms.